The zero-order valence-corrected chi connectivity index (χ0v) is 9.50. The van der Waals surface area contributed by atoms with Gasteiger partial charge in [0, 0.05) is 5.56 Å². The van der Waals surface area contributed by atoms with Crippen LogP contribution in [0.15, 0.2) is 35.3 Å². The van der Waals surface area contributed by atoms with E-state index in [1.54, 1.807) is 6.07 Å². The number of carboxylic acid groups (broad SMARTS) is 1. The van der Waals surface area contributed by atoms with Gasteiger partial charge in [-0.1, -0.05) is 0 Å². The largest absolute Gasteiger partial charge is 0.490 e. The van der Waals surface area contributed by atoms with Gasteiger partial charge >= 0.3 is 5.97 Å². The van der Waals surface area contributed by atoms with Crippen molar-refractivity contribution in [3.05, 3.63) is 36.4 Å². The molecule has 92 valence electrons. The Bertz CT molecular complexity index is 573. The Hall–Kier alpha value is -2.30. The highest BCUT2D eigenvalue weighted by Gasteiger charge is 2.25. The third-order valence-corrected chi connectivity index (χ3v) is 2.75. The van der Waals surface area contributed by atoms with E-state index < -0.39 is 5.97 Å². The summed E-state index contributed by atoms with van der Waals surface area (Å²) in [6.07, 6.45) is 5.06. The number of benzene rings is 1. The van der Waals surface area contributed by atoms with Gasteiger partial charge < -0.3 is 14.3 Å². The van der Waals surface area contributed by atoms with Crippen LogP contribution in [-0.4, -0.2) is 22.2 Å². The number of carbonyl (C=O) groups is 1. The van der Waals surface area contributed by atoms with Gasteiger partial charge in [-0.25, -0.2) is 9.78 Å². The van der Waals surface area contributed by atoms with Gasteiger partial charge in [0.1, 0.15) is 17.7 Å². The summed E-state index contributed by atoms with van der Waals surface area (Å²) in [4.78, 5) is 15.0. The molecule has 1 aliphatic carbocycles. The molecule has 2 aromatic rings. The van der Waals surface area contributed by atoms with E-state index in [0.717, 1.165) is 18.4 Å². The van der Waals surface area contributed by atoms with Gasteiger partial charge in [-0.05, 0) is 31.0 Å². The molecular weight excluding hydrogens is 234 g/mol. The quantitative estimate of drug-likeness (QED) is 0.896. The number of hydrogen-bond donors (Lipinski definition) is 1. The van der Waals surface area contributed by atoms with Crippen LogP contribution in [0.5, 0.6) is 5.75 Å². The molecular formula is C13H11NO4. The average Bonchev–Trinajstić information content (AvgIpc) is 3.01. The van der Waals surface area contributed by atoms with Gasteiger partial charge in [0.15, 0.2) is 6.39 Å². The first-order valence-electron chi connectivity index (χ1n) is 5.66. The summed E-state index contributed by atoms with van der Waals surface area (Å²) in [5, 5.41) is 8.99. The highest BCUT2D eigenvalue weighted by atomic mass is 16.5. The first-order chi connectivity index (χ1) is 8.74. The summed E-state index contributed by atoms with van der Waals surface area (Å²) in [7, 11) is 0. The van der Waals surface area contributed by atoms with Crippen molar-refractivity contribution in [3.63, 3.8) is 0 Å². The van der Waals surface area contributed by atoms with Crippen molar-refractivity contribution in [3.8, 4) is 17.0 Å². The highest BCUT2D eigenvalue weighted by molar-refractivity contribution is 5.89. The molecule has 0 saturated heterocycles. The number of oxazole rings is 1. The van der Waals surface area contributed by atoms with Crippen LogP contribution in [-0.2, 0) is 0 Å². The molecule has 1 aromatic carbocycles. The van der Waals surface area contributed by atoms with Gasteiger partial charge in [0.05, 0.1) is 11.7 Å². The predicted molar refractivity (Wildman–Crippen MR) is 62.5 cm³/mol. The van der Waals surface area contributed by atoms with Crippen LogP contribution in [0.4, 0.5) is 0 Å². The van der Waals surface area contributed by atoms with Crippen molar-refractivity contribution < 1.29 is 19.1 Å². The second-order valence-electron chi connectivity index (χ2n) is 4.21. The smallest absolute Gasteiger partial charge is 0.335 e. The molecule has 1 heterocycles. The summed E-state index contributed by atoms with van der Waals surface area (Å²) in [6.45, 7) is 0. The van der Waals surface area contributed by atoms with Crippen molar-refractivity contribution in [1.29, 1.82) is 0 Å². The number of carboxylic acids is 1. The van der Waals surface area contributed by atoms with Crippen molar-refractivity contribution in [2.24, 2.45) is 0 Å². The van der Waals surface area contributed by atoms with Gasteiger partial charge in [-0.3, -0.25) is 0 Å². The molecule has 18 heavy (non-hydrogen) atoms. The molecule has 0 atom stereocenters. The van der Waals surface area contributed by atoms with Crippen molar-refractivity contribution in [1.82, 2.24) is 4.98 Å². The highest BCUT2D eigenvalue weighted by Crippen LogP contribution is 2.34. The molecule has 1 N–H and O–H groups in total. The van der Waals surface area contributed by atoms with Crippen LogP contribution < -0.4 is 4.74 Å². The van der Waals surface area contributed by atoms with Gasteiger partial charge in [-0.15, -0.1) is 0 Å². The fourth-order valence-electron chi connectivity index (χ4n) is 1.68. The van der Waals surface area contributed by atoms with Crippen LogP contribution in [0, 0.1) is 0 Å². The monoisotopic (exact) mass is 245 g/mol. The van der Waals surface area contributed by atoms with E-state index >= 15 is 0 Å². The molecule has 1 fully saturated rings. The number of aromatic nitrogens is 1. The molecule has 1 aliphatic rings. The number of ether oxygens (including phenoxy) is 1. The number of nitrogens with zero attached hydrogens (tertiary/aromatic N) is 1. The van der Waals surface area contributed by atoms with Crippen LogP contribution in [0.1, 0.15) is 23.2 Å². The second kappa shape index (κ2) is 4.18. The Morgan fingerprint density at radius 2 is 2.28 bits per heavy atom. The maximum absolute atomic E-state index is 11.0. The zero-order valence-electron chi connectivity index (χ0n) is 9.50. The maximum Gasteiger partial charge on any atom is 0.335 e. The van der Waals surface area contributed by atoms with Crippen LogP contribution in [0.2, 0.25) is 0 Å². The standard InChI is InChI=1S/C13H11NO4/c15-13(16)8-1-4-10(11-6-17-7-14-11)12(5-8)18-9-2-3-9/h1,4-7,9H,2-3H2,(H,15,16). The SMILES string of the molecule is O=C(O)c1ccc(-c2cocn2)c(OC2CC2)c1. The molecule has 0 unspecified atom stereocenters. The molecule has 0 aliphatic heterocycles. The van der Waals surface area contributed by atoms with E-state index in [2.05, 4.69) is 4.98 Å². The normalized spacial score (nSPS) is 14.4. The average molecular weight is 245 g/mol. The Labute approximate surface area is 103 Å². The lowest BCUT2D eigenvalue weighted by Gasteiger charge is -2.09. The fraction of sp³-hybridized carbons (Fsp3) is 0.231. The molecule has 0 amide bonds. The zero-order chi connectivity index (χ0) is 12.5. The van der Waals surface area contributed by atoms with Gasteiger partial charge in [0.25, 0.3) is 0 Å². The molecule has 0 bridgehead atoms. The summed E-state index contributed by atoms with van der Waals surface area (Å²) in [5.41, 5.74) is 1.60. The molecule has 0 spiro atoms. The van der Waals surface area contributed by atoms with E-state index in [4.69, 9.17) is 14.3 Å². The lowest BCUT2D eigenvalue weighted by atomic mass is 10.1. The lowest BCUT2D eigenvalue weighted by Crippen LogP contribution is -2.02. The summed E-state index contributed by atoms with van der Waals surface area (Å²) < 4.78 is 10.7. The first kappa shape index (κ1) is 10.8. The second-order valence-corrected chi connectivity index (χ2v) is 4.21. The molecule has 5 nitrogen and oxygen atoms in total. The first-order valence-corrected chi connectivity index (χ1v) is 5.66. The van der Waals surface area contributed by atoms with Gasteiger partial charge in [-0.2, -0.15) is 0 Å². The minimum Gasteiger partial charge on any atom is -0.490 e. The summed E-state index contributed by atoms with van der Waals surface area (Å²) in [5.74, 6) is -0.423. The number of hydrogen-bond acceptors (Lipinski definition) is 4. The Morgan fingerprint density at radius 3 is 2.89 bits per heavy atom. The van der Waals surface area contributed by atoms with E-state index in [9.17, 15) is 4.79 Å². The lowest BCUT2D eigenvalue weighted by molar-refractivity contribution is 0.0696. The van der Waals surface area contributed by atoms with E-state index in [1.165, 1.54) is 24.8 Å². The van der Waals surface area contributed by atoms with Crippen molar-refractivity contribution in [2.45, 2.75) is 18.9 Å². The third kappa shape index (κ3) is 2.07. The number of rotatable bonds is 4. The predicted octanol–water partition coefficient (Wildman–Crippen LogP) is 2.58. The van der Waals surface area contributed by atoms with Crippen molar-refractivity contribution >= 4 is 5.97 Å². The Balaban J connectivity index is 2.03. The minimum atomic E-state index is -0.970. The van der Waals surface area contributed by atoms with E-state index in [1.807, 2.05) is 0 Å². The van der Waals surface area contributed by atoms with E-state index in [0.29, 0.717) is 11.4 Å². The topological polar surface area (TPSA) is 72.6 Å². The van der Waals surface area contributed by atoms with Crippen LogP contribution >= 0.6 is 0 Å². The maximum atomic E-state index is 11.0. The third-order valence-electron chi connectivity index (χ3n) is 2.75. The molecule has 1 aromatic heterocycles. The van der Waals surface area contributed by atoms with Crippen LogP contribution in [0.3, 0.4) is 0 Å². The van der Waals surface area contributed by atoms with Gasteiger partial charge in [0.2, 0.25) is 0 Å². The summed E-state index contributed by atoms with van der Waals surface area (Å²) >= 11 is 0. The van der Waals surface area contributed by atoms with E-state index in [-0.39, 0.29) is 11.7 Å². The molecule has 3 rings (SSSR count). The summed E-state index contributed by atoms with van der Waals surface area (Å²) in [6, 6.07) is 4.76. The van der Waals surface area contributed by atoms with Crippen LogP contribution in [0.25, 0.3) is 11.3 Å². The van der Waals surface area contributed by atoms with Crippen molar-refractivity contribution in [2.75, 3.05) is 0 Å². The number of aromatic carboxylic acids is 1. The molecule has 5 heteroatoms. The Kier molecular flexibility index (Phi) is 2.51. The Morgan fingerprint density at radius 1 is 1.44 bits per heavy atom. The molecule has 1 saturated carbocycles. The fourth-order valence-corrected chi connectivity index (χ4v) is 1.68. The molecule has 0 radical (unpaired) electrons. The minimum absolute atomic E-state index is 0.194.